The van der Waals surface area contributed by atoms with Crippen molar-refractivity contribution in [2.75, 3.05) is 13.1 Å². The van der Waals surface area contributed by atoms with Crippen LogP contribution < -0.4 is 21.3 Å². The second kappa shape index (κ2) is 16.0. The number of fused-ring (bicyclic) bond motifs is 1. The molecule has 3 aliphatic carbocycles. The minimum atomic E-state index is -1.24. The van der Waals surface area contributed by atoms with Crippen LogP contribution in [0, 0.1) is 17.8 Å². The average molecular weight is 727 g/mol. The Hall–Kier alpha value is -2.86. The maximum absolute atomic E-state index is 14.3. The van der Waals surface area contributed by atoms with Gasteiger partial charge < -0.3 is 30.9 Å². The summed E-state index contributed by atoms with van der Waals surface area (Å²) in [6, 6.07) is -3.69. The topological polar surface area (TPSA) is 163 Å². The molecule has 0 radical (unpaired) electrons. The van der Waals surface area contributed by atoms with Crippen LogP contribution in [0.3, 0.4) is 0 Å². The number of Topliss-reactive ketones (excluding diaryl/α,β-unsaturated/α-hetero) is 1. The normalized spacial score (nSPS) is 25.3. The zero-order chi connectivity index (χ0) is 36.1. The van der Waals surface area contributed by atoms with Gasteiger partial charge in [0.05, 0.1) is 12.5 Å². The van der Waals surface area contributed by atoms with Crippen molar-refractivity contribution in [3.8, 4) is 0 Å². The predicted octanol–water partition coefficient (Wildman–Crippen LogP) is 4.07. The van der Waals surface area contributed by atoms with Crippen LogP contribution in [0.15, 0.2) is 12.7 Å². The van der Waals surface area contributed by atoms with E-state index in [9.17, 15) is 28.8 Å². The third kappa shape index (κ3) is 9.90. The SMILES string of the molecule is C=CCCC(NC(=O)C1C2C(CN1C(=O)C(NC(=O)NC(C)(C)C)C1CCCCC1)C2(Cl)Cl)C(=O)C(=O)NCCC(=O)OC1(C)CCCC1. The first-order chi connectivity index (χ1) is 23.0. The molecule has 1 saturated heterocycles. The first-order valence-electron chi connectivity index (χ1n) is 17.7. The van der Waals surface area contributed by atoms with Crippen molar-refractivity contribution in [2.24, 2.45) is 17.8 Å². The Balaban J connectivity index is 1.45. The molecule has 0 spiro atoms. The molecule has 14 heteroatoms. The van der Waals surface area contributed by atoms with Crippen LogP contribution in [0.2, 0.25) is 0 Å². The quantitative estimate of drug-likeness (QED) is 0.0908. The van der Waals surface area contributed by atoms with Gasteiger partial charge in [0.2, 0.25) is 17.6 Å². The summed E-state index contributed by atoms with van der Waals surface area (Å²) in [7, 11) is 0. The number of hydrogen-bond acceptors (Lipinski definition) is 7. The van der Waals surface area contributed by atoms with Gasteiger partial charge in [0.15, 0.2) is 0 Å². The molecule has 4 rings (SSSR count). The van der Waals surface area contributed by atoms with Crippen molar-refractivity contribution in [1.29, 1.82) is 0 Å². The zero-order valence-corrected chi connectivity index (χ0v) is 30.7. The van der Waals surface area contributed by atoms with E-state index in [1.54, 1.807) is 6.08 Å². The Labute approximate surface area is 299 Å². The van der Waals surface area contributed by atoms with Crippen molar-refractivity contribution in [1.82, 2.24) is 26.2 Å². The fourth-order valence-electron chi connectivity index (χ4n) is 7.56. The second-order valence-electron chi connectivity index (χ2n) is 15.4. The number of nitrogens with zero attached hydrogens (tertiary/aromatic N) is 1. The molecule has 49 heavy (non-hydrogen) atoms. The summed E-state index contributed by atoms with van der Waals surface area (Å²) in [5, 5.41) is 10.9. The third-order valence-electron chi connectivity index (χ3n) is 10.2. The van der Waals surface area contributed by atoms with Crippen molar-refractivity contribution in [3.63, 3.8) is 0 Å². The summed E-state index contributed by atoms with van der Waals surface area (Å²) in [5.74, 6) is -4.44. The molecule has 12 nitrogen and oxygen atoms in total. The summed E-state index contributed by atoms with van der Waals surface area (Å²) in [6.45, 7) is 11.1. The third-order valence-corrected chi connectivity index (χ3v) is 11.3. The lowest BCUT2D eigenvalue weighted by molar-refractivity contribution is -0.157. The molecule has 4 fully saturated rings. The molecule has 5 amide bonds. The van der Waals surface area contributed by atoms with Gasteiger partial charge in [-0.3, -0.25) is 24.0 Å². The number of likely N-dealkylation sites (tertiary alicyclic amines) is 1. The van der Waals surface area contributed by atoms with E-state index in [-0.39, 0.29) is 37.8 Å². The number of carbonyl (C=O) groups is 6. The number of nitrogens with one attached hydrogen (secondary N) is 4. The van der Waals surface area contributed by atoms with Gasteiger partial charge in [-0.2, -0.15) is 0 Å². The number of halogens is 2. The highest BCUT2D eigenvalue weighted by atomic mass is 35.5. The number of rotatable bonds is 14. The van der Waals surface area contributed by atoms with Gasteiger partial charge in [-0.25, -0.2) is 4.79 Å². The Morgan fingerprint density at radius 1 is 1.00 bits per heavy atom. The number of piperidine rings is 1. The van der Waals surface area contributed by atoms with Gasteiger partial charge in [0.25, 0.3) is 5.91 Å². The van der Waals surface area contributed by atoms with Gasteiger partial charge in [0, 0.05) is 30.5 Å². The number of urea groups is 1. The molecule has 3 saturated carbocycles. The van der Waals surface area contributed by atoms with E-state index in [4.69, 9.17) is 27.9 Å². The van der Waals surface area contributed by atoms with E-state index in [2.05, 4.69) is 27.8 Å². The Morgan fingerprint density at radius 3 is 2.27 bits per heavy atom. The van der Waals surface area contributed by atoms with E-state index >= 15 is 0 Å². The number of alkyl halides is 2. The molecule has 0 aromatic heterocycles. The molecule has 1 heterocycles. The molecule has 4 N–H and O–H groups in total. The number of amides is 5. The standard InChI is InChI=1S/C35H53Cl2N5O7/c1-6-7-15-23(28(44)30(46)38-19-16-24(43)49-34(5)17-11-12-18-34)39-29(45)27-25-22(35(25,36)37)20-42(27)31(47)26(21-13-9-8-10-14-21)40-32(48)41-33(2,3)4/h6,21-23,25-27H,1,7-20H2,2-5H3,(H,38,46)(H,39,45)(H2,40,41,48). The largest absolute Gasteiger partial charge is 0.459 e. The second-order valence-corrected chi connectivity index (χ2v) is 16.8. The van der Waals surface area contributed by atoms with Crippen LogP contribution in [-0.4, -0.2) is 87.1 Å². The van der Waals surface area contributed by atoms with Gasteiger partial charge in [-0.1, -0.05) is 25.3 Å². The summed E-state index contributed by atoms with van der Waals surface area (Å²) < 4.78 is 4.35. The van der Waals surface area contributed by atoms with E-state index in [1.807, 2.05) is 27.7 Å². The van der Waals surface area contributed by atoms with Crippen LogP contribution in [-0.2, 0) is 28.7 Å². The van der Waals surface area contributed by atoms with Gasteiger partial charge >= 0.3 is 12.0 Å². The van der Waals surface area contributed by atoms with Crippen LogP contribution in [0.4, 0.5) is 4.79 Å². The monoisotopic (exact) mass is 725 g/mol. The van der Waals surface area contributed by atoms with Crippen molar-refractivity contribution < 1.29 is 33.5 Å². The van der Waals surface area contributed by atoms with Gasteiger partial charge in [-0.05, 0) is 85.0 Å². The zero-order valence-electron chi connectivity index (χ0n) is 29.2. The molecule has 0 aromatic carbocycles. The molecule has 5 atom stereocenters. The van der Waals surface area contributed by atoms with E-state index in [1.165, 1.54) is 4.90 Å². The molecule has 0 aromatic rings. The van der Waals surface area contributed by atoms with E-state index < -0.39 is 75.0 Å². The summed E-state index contributed by atoms with van der Waals surface area (Å²) in [5.41, 5.74) is -1.03. The molecular weight excluding hydrogens is 673 g/mol. The summed E-state index contributed by atoms with van der Waals surface area (Å²) >= 11 is 13.1. The van der Waals surface area contributed by atoms with Crippen molar-refractivity contribution in [2.45, 2.75) is 138 Å². The van der Waals surface area contributed by atoms with Crippen LogP contribution in [0.1, 0.15) is 105 Å². The first-order valence-corrected chi connectivity index (χ1v) is 18.4. The highest BCUT2D eigenvalue weighted by Crippen LogP contribution is 2.65. The number of hydrogen-bond donors (Lipinski definition) is 4. The average Bonchev–Trinajstić information content (AvgIpc) is 3.37. The number of ketones is 1. The number of esters is 1. The first kappa shape index (κ1) is 38.9. The Kier molecular flexibility index (Phi) is 12.7. The minimum Gasteiger partial charge on any atom is -0.459 e. The smallest absolute Gasteiger partial charge is 0.315 e. The molecule has 0 bridgehead atoms. The predicted molar refractivity (Wildman–Crippen MR) is 186 cm³/mol. The highest BCUT2D eigenvalue weighted by molar-refractivity contribution is 6.51. The van der Waals surface area contributed by atoms with E-state index in [0.29, 0.717) is 6.42 Å². The molecule has 5 unspecified atom stereocenters. The fraction of sp³-hybridized carbons (Fsp3) is 0.771. The summed E-state index contributed by atoms with van der Waals surface area (Å²) in [6.07, 6.45) is 9.84. The molecule has 4 aliphatic rings. The van der Waals surface area contributed by atoms with Crippen molar-refractivity contribution >= 4 is 58.7 Å². The number of ether oxygens (including phenoxy) is 1. The van der Waals surface area contributed by atoms with Crippen LogP contribution in [0.5, 0.6) is 0 Å². The molecule has 274 valence electrons. The number of carbonyl (C=O) groups excluding carboxylic acids is 6. The number of allylic oxidation sites excluding steroid dienone is 1. The van der Waals surface area contributed by atoms with E-state index in [0.717, 1.165) is 57.8 Å². The molecular formula is C35H53Cl2N5O7. The fourth-order valence-corrected chi connectivity index (χ4v) is 8.39. The van der Waals surface area contributed by atoms with Crippen LogP contribution >= 0.6 is 23.2 Å². The Bertz CT molecular complexity index is 1290. The summed E-state index contributed by atoms with van der Waals surface area (Å²) in [4.78, 5) is 81.3. The minimum absolute atomic E-state index is 0.0861. The molecule has 1 aliphatic heterocycles. The highest BCUT2D eigenvalue weighted by Gasteiger charge is 2.74. The Morgan fingerprint density at radius 2 is 1.65 bits per heavy atom. The lowest BCUT2D eigenvalue weighted by Gasteiger charge is -2.37. The van der Waals surface area contributed by atoms with Crippen LogP contribution in [0.25, 0.3) is 0 Å². The van der Waals surface area contributed by atoms with Gasteiger partial charge in [-0.15, -0.1) is 29.8 Å². The lowest BCUT2D eigenvalue weighted by Crippen LogP contribution is -2.61. The van der Waals surface area contributed by atoms with Crippen molar-refractivity contribution in [3.05, 3.63) is 12.7 Å². The maximum atomic E-state index is 14.3. The lowest BCUT2D eigenvalue weighted by atomic mass is 9.83. The van der Waals surface area contributed by atoms with Gasteiger partial charge in [0.1, 0.15) is 22.0 Å². The maximum Gasteiger partial charge on any atom is 0.315 e.